The van der Waals surface area contributed by atoms with E-state index in [2.05, 4.69) is 15.4 Å². The molecule has 20 heavy (non-hydrogen) atoms. The lowest BCUT2D eigenvalue weighted by Crippen LogP contribution is -2.30. The normalized spacial score (nSPS) is 12.1. The Balaban J connectivity index is 2.03. The van der Waals surface area contributed by atoms with E-state index >= 15 is 0 Å². The number of thioether (sulfide) groups is 1. The Hall–Kier alpha value is -1.82. The van der Waals surface area contributed by atoms with Gasteiger partial charge in [0, 0.05) is 6.54 Å². The molecule has 0 fully saturated rings. The van der Waals surface area contributed by atoms with E-state index in [1.807, 2.05) is 37.4 Å². The molecule has 0 spiro atoms. The van der Waals surface area contributed by atoms with E-state index in [9.17, 15) is 4.79 Å². The summed E-state index contributed by atoms with van der Waals surface area (Å²) in [5, 5.41) is 7.04. The summed E-state index contributed by atoms with van der Waals surface area (Å²) in [5.74, 6) is 0.0630. The summed E-state index contributed by atoms with van der Waals surface area (Å²) in [6.07, 6.45) is 5.14. The van der Waals surface area contributed by atoms with Crippen LogP contribution in [-0.4, -0.2) is 32.2 Å². The lowest BCUT2D eigenvalue weighted by molar-refractivity contribution is -0.120. The number of carbonyl (C=O) groups is 1. The van der Waals surface area contributed by atoms with Gasteiger partial charge in [0.2, 0.25) is 5.91 Å². The molecule has 1 heterocycles. The van der Waals surface area contributed by atoms with Gasteiger partial charge in [-0.3, -0.25) is 4.79 Å². The molecule has 0 aliphatic rings. The predicted molar refractivity (Wildman–Crippen MR) is 80.4 cm³/mol. The van der Waals surface area contributed by atoms with Crippen molar-refractivity contribution in [2.45, 2.75) is 25.3 Å². The molecule has 1 atom stereocenters. The standard InChI is InChI=1S/C14H18N4OS/c1-11(20-2)14(19)16-7-12-5-3-4-6-13(12)8-18-10-15-9-17-18/h3-6,9-11H,7-8H2,1-2H3,(H,16,19). The van der Waals surface area contributed by atoms with Crippen molar-refractivity contribution in [3.8, 4) is 0 Å². The number of carbonyl (C=O) groups excluding carboxylic acids is 1. The van der Waals surface area contributed by atoms with Gasteiger partial charge >= 0.3 is 0 Å². The van der Waals surface area contributed by atoms with Crippen LogP contribution >= 0.6 is 11.8 Å². The van der Waals surface area contributed by atoms with Crippen molar-refractivity contribution in [1.29, 1.82) is 0 Å². The molecule has 5 nitrogen and oxygen atoms in total. The molecule has 0 saturated heterocycles. The summed E-state index contributed by atoms with van der Waals surface area (Å²) in [7, 11) is 0. The van der Waals surface area contributed by atoms with Gasteiger partial charge in [0.15, 0.2) is 0 Å². The van der Waals surface area contributed by atoms with Gasteiger partial charge in [0.25, 0.3) is 0 Å². The van der Waals surface area contributed by atoms with Crippen LogP contribution in [0.25, 0.3) is 0 Å². The van der Waals surface area contributed by atoms with Crippen LogP contribution in [0.3, 0.4) is 0 Å². The van der Waals surface area contributed by atoms with Gasteiger partial charge in [-0.1, -0.05) is 24.3 Å². The van der Waals surface area contributed by atoms with Crippen LogP contribution in [0, 0.1) is 0 Å². The van der Waals surface area contributed by atoms with E-state index in [1.54, 1.807) is 22.8 Å². The fourth-order valence-corrected chi connectivity index (χ4v) is 2.10. The summed E-state index contributed by atoms with van der Waals surface area (Å²) in [5.41, 5.74) is 2.24. The summed E-state index contributed by atoms with van der Waals surface area (Å²) < 4.78 is 1.77. The highest BCUT2D eigenvalue weighted by atomic mass is 32.2. The third-order valence-corrected chi connectivity index (χ3v) is 4.01. The zero-order valence-electron chi connectivity index (χ0n) is 11.6. The molecule has 1 unspecified atom stereocenters. The number of hydrogen-bond donors (Lipinski definition) is 1. The second-order valence-electron chi connectivity index (χ2n) is 4.46. The first-order valence-electron chi connectivity index (χ1n) is 6.40. The maximum atomic E-state index is 11.8. The molecule has 1 aromatic heterocycles. The first-order valence-corrected chi connectivity index (χ1v) is 7.69. The Morgan fingerprint density at radius 1 is 1.40 bits per heavy atom. The molecular weight excluding hydrogens is 272 g/mol. The van der Waals surface area contributed by atoms with Gasteiger partial charge in [-0.05, 0) is 24.3 Å². The van der Waals surface area contributed by atoms with Crippen LogP contribution in [0.4, 0.5) is 0 Å². The van der Waals surface area contributed by atoms with E-state index < -0.39 is 0 Å². The van der Waals surface area contributed by atoms with Crippen LogP contribution in [0.1, 0.15) is 18.1 Å². The molecule has 1 N–H and O–H groups in total. The molecule has 0 bridgehead atoms. The van der Waals surface area contributed by atoms with Crippen LogP contribution in [0.15, 0.2) is 36.9 Å². The van der Waals surface area contributed by atoms with Gasteiger partial charge in [-0.25, -0.2) is 9.67 Å². The maximum absolute atomic E-state index is 11.8. The van der Waals surface area contributed by atoms with Crippen LogP contribution in [0.2, 0.25) is 0 Å². The maximum Gasteiger partial charge on any atom is 0.233 e. The molecule has 1 amide bonds. The number of hydrogen-bond acceptors (Lipinski definition) is 4. The second-order valence-corrected chi connectivity index (χ2v) is 5.64. The molecule has 1 aromatic carbocycles. The van der Waals surface area contributed by atoms with Crippen LogP contribution in [-0.2, 0) is 17.9 Å². The summed E-state index contributed by atoms with van der Waals surface area (Å²) in [4.78, 5) is 15.8. The SMILES string of the molecule is CSC(C)C(=O)NCc1ccccc1Cn1cncn1. The largest absolute Gasteiger partial charge is 0.351 e. The van der Waals surface area contributed by atoms with Gasteiger partial charge < -0.3 is 5.32 Å². The third-order valence-electron chi connectivity index (χ3n) is 3.09. The smallest absolute Gasteiger partial charge is 0.233 e. The quantitative estimate of drug-likeness (QED) is 0.879. The second kappa shape index (κ2) is 7.09. The molecular formula is C14H18N4OS. The van der Waals surface area contributed by atoms with Crippen molar-refractivity contribution in [3.63, 3.8) is 0 Å². The number of amides is 1. The Morgan fingerprint density at radius 3 is 2.80 bits per heavy atom. The van der Waals surface area contributed by atoms with E-state index in [-0.39, 0.29) is 11.2 Å². The number of aromatic nitrogens is 3. The van der Waals surface area contributed by atoms with Gasteiger partial charge in [-0.15, -0.1) is 0 Å². The summed E-state index contributed by atoms with van der Waals surface area (Å²) in [6.45, 7) is 3.10. The molecule has 0 saturated carbocycles. The van der Waals surface area contributed by atoms with Gasteiger partial charge in [-0.2, -0.15) is 16.9 Å². The summed E-state index contributed by atoms with van der Waals surface area (Å²) in [6, 6.07) is 8.03. The number of nitrogens with zero attached hydrogens (tertiary/aromatic N) is 3. The van der Waals surface area contributed by atoms with Crippen LogP contribution < -0.4 is 5.32 Å². The Bertz CT molecular complexity index is 556. The highest BCUT2D eigenvalue weighted by molar-refractivity contribution is 7.99. The molecule has 0 aliphatic heterocycles. The fourth-order valence-electron chi connectivity index (χ4n) is 1.81. The van der Waals surface area contributed by atoms with Gasteiger partial charge in [0.05, 0.1) is 11.8 Å². The van der Waals surface area contributed by atoms with E-state index in [0.717, 1.165) is 11.1 Å². The van der Waals surface area contributed by atoms with Gasteiger partial charge in [0.1, 0.15) is 12.7 Å². The summed E-state index contributed by atoms with van der Waals surface area (Å²) >= 11 is 1.54. The third kappa shape index (κ3) is 3.84. The van der Waals surface area contributed by atoms with Crippen molar-refractivity contribution in [2.24, 2.45) is 0 Å². The Morgan fingerprint density at radius 2 is 2.15 bits per heavy atom. The molecule has 2 aromatic rings. The minimum atomic E-state index is -0.0301. The van der Waals surface area contributed by atoms with Crippen molar-refractivity contribution in [2.75, 3.05) is 6.26 Å². The minimum Gasteiger partial charge on any atom is -0.351 e. The molecule has 0 aliphatic carbocycles. The molecule has 2 rings (SSSR count). The first-order chi connectivity index (χ1) is 9.70. The van der Waals surface area contributed by atoms with Crippen molar-refractivity contribution < 1.29 is 4.79 Å². The Kier molecular flexibility index (Phi) is 5.17. The zero-order chi connectivity index (χ0) is 14.4. The average molecular weight is 290 g/mol. The van der Waals surface area contributed by atoms with Crippen LogP contribution in [0.5, 0.6) is 0 Å². The van der Waals surface area contributed by atoms with Crippen molar-refractivity contribution in [3.05, 3.63) is 48.0 Å². The number of nitrogens with one attached hydrogen (secondary N) is 1. The minimum absolute atomic E-state index is 0.0301. The lowest BCUT2D eigenvalue weighted by atomic mass is 10.1. The highest BCUT2D eigenvalue weighted by Gasteiger charge is 2.11. The first kappa shape index (κ1) is 14.6. The van der Waals surface area contributed by atoms with Crippen molar-refractivity contribution >= 4 is 17.7 Å². The van der Waals surface area contributed by atoms with Crippen molar-refractivity contribution in [1.82, 2.24) is 20.1 Å². The lowest BCUT2D eigenvalue weighted by Gasteiger charge is -2.12. The van der Waals surface area contributed by atoms with E-state index in [1.165, 1.54) is 6.33 Å². The van der Waals surface area contributed by atoms with E-state index in [0.29, 0.717) is 13.1 Å². The number of benzene rings is 1. The monoisotopic (exact) mass is 290 g/mol. The predicted octanol–water partition coefficient (Wildman–Crippen LogP) is 1.69. The molecule has 6 heteroatoms. The average Bonchev–Trinajstić information content (AvgIpc) is 2.98. The topological polar surface area (TPSA) is 59.8 Å². The molecule has 0 radical (unpaired) electrons. The zero-order valence-corrected chi connectivity index (χ0v) is 12.4. The van der Waals surface area contributed by atoms with E-state index in [4.69, 9.17) is 0 Å². The number of rotatable bonds is 6. The highest BCUT2D eigenvalue weighted by Crippen LogP contribution is 2.11. The molecule has 106 valence electrons. The Labute approximate surface area is 122 Å². The fraction of sp³-hybridized carbons (Fsp3) is 0.357.